The molecule has 0 fully saturated rings. The summed E-state index contributed by atoms with van der Waals surface area (Å²) in [5, 5.41) is 3.32. The highest BCUT2D eigenvalue weighted by molar-refractivity contribution is 5.88. The van der Waals surface area contributed by atoms with Crippen LogP contribution in [0.25, 0.3) is 22.6 Å². The molecule has 0 saturated heterocycles. The van der Waals surface area contributed by atoms with Gasteiger partial charge in [0.05, 0.1) is 18.4 Å². The third kappa shape index (κ3) is 3.51. The minimum absolute atomic E-state index is 0.660. The van der Waals surface area contributed by atoms with Crippen LogP contribution in [-0.2, 0) is 6.54 Å². The Balaban J connectivity index is 1.67. The number of nitrogens with zero attached hydrogens (tertiary/aromatic N) is 5. The molecule has 5 rings (SSSR count). The molecule has 0 unspecified atom stereocenters. The molecule has 30 heavy (non-hydrogen) atoms. The van der Waals surface area contributed by atoms with E-state index in [0.29, 0.717) is 12.4 Å². The predicted molar refractivity (Wildman–Crippen MR) is 119 cm³/mol. The lowest BCUT2D eigenvalue weighted by atomic mass is 10.1. The zero-order chi connectivity index (χ0) is 20.3. The van der Waals surface area contributed by atoms with Crippen LogP contribution >= 0.6 is 0 Å². The van der Waals surface area contributed by atoms with E-state index in [9.17, 15) is 0 Å². The van der Waals surface area contributed by atoms with E-state index in [1.165, 1.54) is 11.1 Å². The van der Waals surface area contributed by atoms with Gasteiger partial charge in [-0.3, -0.25) is 4.98 Å². The lowest BCUT2D eigenvalue weighted by molar-refractivity contribution is 0.822. The SMILES string of the molecule is Cc1ccc(-c2nc3c(Nc4cccnc4)ncnc3n2Cc2ccccc2)cc1. The van der Waals surface area contributed by atoms with Crippen molar-refractivity contribution in [3.8, 4) is 11.4 Å². The van der Waals surface area contributed by atoms with Gasteiger partial charge < -0.3 is 9.88 Å². The van der Waals surface area contributed by atoms with Crippen molar-refractivity contribution in [2.45, 2.75) is 13.5 Å². The van der Waals surface area contributed by atoms with Gasteiger partial charge in [-0.15, -0.1) is 0 Å². The normalized spacial score (nSPS) is 11.0. The van der Waals surface area contributed by atoms with Gasteiger partial charge in [0.15, 0.2) is 17.0 Å². The van der Waals surface area contributed by atoms with Crippen molar-refractivity contribution >= 4 is 22.7 Å². The van der Waals surface area contributed by atoms with Crippen LogP contribution in [0.1, 0.15) is 11.1 Å². The van der Waals surface area contributed by atoms with E-state index in [1.54, 1.807) is 18.7 Å². The van der Waals surface area contributed by atoms with Gasteiger partial charge in [-0.1, -0.05) is 60.2 Å². The number of rotatable bonds is 5. The molecule has 6 nitrogen and oxygen atoms in total. The number of aryl methyl sites for hydroxylation is 1. The molecule has 1 N–H and O–H groups in total. The summed E-state index contributed by atoms with van der Waals surface area (Å²) in [7, 11) is 0. The molecule has 0 atom stereocenters. The Kier molecular flexibility index (Phi) is 4.65. The van der Waals surface area contributed by atoms with Crippen molar-refractivity contribution in [1.82, 2.24) is 24.5 Å². The number of benzene rings is 2. The summed E-state index contributed by atoms with van der Waals surface area (Å²) in [4.78, 5) is 18.1. The number of anilines is 2. The molecule has 0 bridgehead atoms. The topological polar surface area (TPSA) is 68.5 Å². The average molecular weight is 392 g/mol. The molecule has 3 heterocycles. The molecule has 0 saturated carbocycles. The Morgan fingerprint density at radius 2 is 1.73 bits per heavy atom. The molecule has 2 aromatic carbocycles. The van der Waals surface area contributed by atoms with Gasteiger partial charge in [0.1, 0.15) is 12.2 Å². The van der Waals surface area contributed by atoms with Crippen molar-refractivity contribution in [3.63, 3.8) is 0 Å². The van der Waals surface area contributed by atoms with Gasteiger partial charge in [0.2, 0.25) is 0 Å². The largest absolute Gasteiger partial charge is 0.337 e. The third-order valence-electron chi connectivity index (χ3n) is 4.95. The summed E-state index contributed by atoms with van der Waals surface area (Å²) >= 11 is 0. The average Bonchev–Trinajstić information content (AvgIpc) is 3.15. The highest BCUT2D eigenvalue weighted by Crippen LogP contribution is 2.29. The Morgan fingerprint density at radius 1 is 0.900 bits per heavy atom. The molecular formula is C24H20N6. The van der Waals surface area contributed by atoms with Crippen molar-refractivity contribution in [2.24, 2.45) is 0 Å². The fraction of sp³-hybridized carbons (Fsp3) is 0.0833. The summed E-state index contributed by atoms with van der Waals surface area (Å²) in [6.45, 7) is 2.75. The van der Waals surface area contributed by atoms with E-state index in [-0.39, 0.29) is 0 Å². The van der Waals surface area contributed by atoms with Crippen LogP contribution in [0.4, 0.5) is 11.5 Å². The fourth-order valence-electron chi connectivity index (χ4n) is 3.44. The standard InChI is InChI=1S/C24H20N6/c1-17-9-11-19(12-10-17)23-29-21-22(28-20-8-5-13-25-14-20)26-16-27-24(21)30(23)15-18-6-3-2-4-7-18/h2-14,16H,15H2,1H3,(H,26,27,28). The van der Waals surface area contributed by atoms with Crippen LogP contribution in [0.2, 0.25) is 0 Å². The minimum atomic E-state index is 0.660. The summed E-state index contributed by atoms with van der Waals surface area (Å²) in [5.41, 5.74) is 5.81. The molecule has 146 valence electrons. The number of hydrogen-bond donors (Lipinski definition) is 1. The second-order valence-corrected chi connectivity index (χ2v) is 7.13. The van der Waals surface area contributed by atoms with E-state index < -0.39 is 0 Å². The quantitative estimate of drug-likeness (QED) is 0.456. The first kappa shape index (κ1) is 18.0. The predicted octanol–water partition coefficient (Wildman–Crippen LogP) is 4.99. The van der Waals surface area contributed by atoms with E-state index in [2.05, 4.69) is 68.2 Å². The molecule has 6 heteroatoms. The van der Waals surface area contributed by atoms with Gasteiger partial charge in [-0.2, -0.15) is 0 Å². The first-order chi connectivity index (χ1) is 14.8. The van der Waals surface area contributed by atoms with E-state index in [1.807, 2.05) is 30.3 Å². The lowest BCUT2D eigenvalue weighted by Gasteiger charge is -2.09. The van der Waals surface area contributed by atoms with Gasteiger partial charge in [-0.05, 0) is 24.6 Å². The minimum Gasteiger partial charge on any atom is -0.337 e. The van der Waals surface area contributed by atoms with Gasteiger partial charge >= 0.3 is 0 Å². The molecule has 5 aromatic rings. The van der Waals surface area contributed by atoms with Crippen LogP contribution in [-0.4, -0.2) is 24.5 Å². The van der Waals surface area contributed by atoms with Crippen molar-refractivity contribution in [2.75, 3.05) is 5.32 Å². The first-order valence-corrected chi connectivity index (χ1v) is 9.77. The summed E-state index contributed by atoms with van der Waals surface area (Å²) < 4.78 is 2.14. The van der Waals surface area contributed by atoms with Crippen LogP contribution in [0.5, 0.6) is 0 Å². The highest BCUT2D eigenvalue weighted by Gasteiger charge is 2.18. The second-order valence-electron chi connectivity index (χ2n) is 7.13. The summed E-state index contributed by atoms with van der Waals surface area (Å²) in [6, 6.07) is 22.6. The Labute approximate surface area is 174 Å². The number of pyridine rings is 1. The first-order valence-electron chi connectivity index (χ1n) is 9.77. The van der Waals surface area contributed by atoms with Gasteiger partial charge in [0.25, 0.3) is 0 Å². The van der Waals surface area contributed by atoms with Gasteiger partial charge in [0, 0.05) is 11.8 Å². The van der Waals surface area contributed by atoms with E-state index in [0.717, 1.165) is 28.2 Å². The Hall–Kier alpha value is -4.06. The monoisotopic (exact) mass is 392 g/mol. The number of hydrogen-bond acceptors (Lipinski definition) is 5. The molecular weight excluding hydrogens is 372 g/mol. The van der Waals surface area contributed by atoms with E-state index in [4.69, 9.17) is 4.98 Å². The molecule has 0 aliphatic rings. The molecule has 3 aromatic heterocycles. The molecule has 0 aliphatic heterocycles. The number of aromatic nitrogens is 5. The summed E-state index contributed by atoms with van der Waals surface area (Å²) in [5.74, 6) is 1.52. The second kappa shape index (κ2) is 7.75. The van der Waals surface area contributed by atoms with Crippen LogP contribution in [0.15, 0.2) is 85.5 Å². The van der Waals surface area contributed by atoms with Crippen molar-refractivity contribution in [3.05, 3.63) is 96.6 Å². The maximum atomic E-state index is 4.96. The number of imidazole rings is 1. The summed E-state index contributed by atoms with van der Waals surface area (Å²) in [6.07, 6.45) is 5.07. The Morgan fingerprint density at radius 3 is 2.50 bits per heavy atom. The lowest BCUT2D eigenvalue weighted by Crippen LogP contribution is -2.03. The zero-order valence-electron chi connectivity index (χ0n) is 16.5. The maximum absolute atomic E-state index is 4.96. The molecule has 0 amide bonds. The molecule has 0 radical (unpaired) electrons. The number of nitrogens with one attached hydrogen (secondary N) is 1. The highest BCUT2D eigenvalue weighted by atomic mass is 15.2. The number of fused-ring (bicyclic) bond motifs is 1. The molecule has 0 spiro atoms. The van der Waals surface area contributed by atoms with Crippen LogP contribution < -0.4 is 5.32 Å². The maximum Gasteiger partial charge on any atom is 0.166 e. The van der Waals surface area contributed by atoms with Crippen molar-refractivity contribution < 1.29 is 0 Å². The van der Waals surface area contributed by atoms with Gasteiger partial charge in [-0.25, -0.2) is 15.0 Å². The zero-order valence-corrected chi connectivity index (χ0v) is 16.5. The smallest absolute Gasteiger partial charge is 0.166 e. The third-order valence-corrected chi connectivity index (χ3v) is 4.95. The fourth-order valence-corrected chi connectivity index (χ4v) is 3.44. The van der Waals surface area contributed by atoms with Crippen molar-refractivity contribution in [1.29, 1.82) is 0 Å². The Bertz CT molecular complexity index is 1280. The van der Waals surface area contributed by atoms with E-state index >= 15 is 0 Å². The molecule has 0 aliphatic carbocycles. The van der Waals surface area contributed by atoms with Crippen LogP contribution in [0.3, 0.4) is 0 Å². The van der Waals surface area contributed by atoms with Crippen LogP contribution in [0, 0.1) is 6.92 Å².